The fourth-order valence-electron chi connectivity index (χ4n) is 10.1. The summed E-state index contributed by atoms with van der Waals surface area (Å²) in [5.74, 6) is 0.00250. The summed E-state index contributed by atoms with van der Waals surface area (Å²) in [5, 5.41) is 27.1. The molecule has 3 aliphatic rings. The van der Waals surface area contributed by atoms with Crippen molar-refractivity contribution in [2.24, 2.45) is 16.6 Å². The molecule has 0 aliphatic carbocycles. The van der Waals surface area contributed by atoms with Crippen LogP contribution in [0.4, 0.5) is 17.3 Å². The number of anilines is 3. The van der Waals surface area contributed by atoms with E-state index in [9.17, 15) is 29.1 Å². The maximum absolute atomic E-state index is 14.1. The highest BCUT2D eigenvalue weighted by molar-refractivity contribution is 7.99. The quantitative estimate of drug-likeness (QED) is 0.0242. The van der Waals surface area contributed by atoms with E-state index in [0.717, 1.165) is 115 Å². The number of aliphatic hydroxyl groups excluding tert-OH is 1. The van der Waals surface area contributed by atoms with Crippen LogP contribution in [0.25, 0.3) is 10.4 Å². The fraction of sp³-hybridized carbons (Fsp3) is 0.579. The maximum atomic E-state index is 14.1. The van der Waals surface area contributed by atoms with Crippen LogP contribution in [-0.2, 0) is 30.5 Å². The second kappa shape index (κ2) is 27.6. The monoisotopic (exact) mass is 1110 g/mol. The molecule has 2 aromatic heterocycles. The second-order valence-corrected chi connectivity index (χ2v) is 24.7. The molecule has 2 saturated heterocycles. The molecule has 2 fully saturated rings. The molecule has 0 unspecified atom stereocenters. The number of unbranched alkanes of at least 4 members (excludes halogenated alkanes) is 8. The van der Waals surface area contributed by atoms with Gasteiger partial charge in [0.1, 0.15) is 23.3 Å². The number of carbonyl (C=O) groups excluding carboxylic acids is 5. The Morgan fingerprint density at radius 3 is 2.29 bits per heavy atom. The highest BCUT2D eigenvalue weighted by Gasteiger charge is 2.44. The van der Waals surface area contributed by atoms with Gasteiger partial charge >= 0.3 is 0 Å². The summed E-state index contributed by atoms with van der Waals surface area (Å²) in [7, 11) is 0. The van der Waals surface area contributed by atoms with E-state index in [0.29, 0.717) is 54.0 Å². The molecule has 77 heavy (non-hydrogen) atoms. The summed E-state index contributed by atoms with van der Waals surface area (Å²) >= 11 is 9.87. The summed E-state index contributed by atoms with van der Waals surface area (Å²) in [4.78, 5) is 86.1. The average molecular weight is 1110 g/mol. The number of halogens is 1. The van der Waals surface area contributed by atoms with Crippen LogP contribution in [0.2, 0.25) is 5.02 Å². The van der Waals surface area contributed by atoms with E-state index in [1.54, 1.807) is 23.6 Å². The molecule has 0 bridgehead atoms. The number of likely N-dealkylation sites (tertiary alicyclic amines) is 1. The second-order valence-electron chi connectivity index (χ2n) is 22.5. The van der Waals surface area contributed by atoms with Crippen LogP contribution in [0.1, 0.15) is 147 Å². The van der Waals surface area contributed by atoms with E-state index in [2.05, 4.69) is 55.5 Å². The molecule has 418 valence electrons. The Balaban J connectivity index is 0.732. The van der Waals surface area contributed by atoms with E-state index < -0.39 is 29.5 Å². The predicted molar refractivity (Wildman–Crippen MR) is 307 cm³/mol. The molecule has 4 aromatic rings. The van der Waals surface area contributed by atoms with Gasteiger partial charge in [0.15, 0.2) is 11.6 Å². The van der Waals surface area contributed by atoms with Gasteiger partial charge < -0.3 is 47.2 Å². The summed E-state index contributed by atoms with van der Waals surface area (Å²) in [6, 6.07) is 10.1. The maximum Gasteiger partial charge on any atom is 0.246 e. The van der Waals surface area contributed by atoms with Crippen molar-refractivity contribution in [1.29, 1.82) is 0 Å². The number of ketones is 1. The number of aromatic nitrogens is 3. The summed E-state index contributed by atoms with van der Waals surface area (Å²) < 4.78 is 0. The van der Waals surface area contributed by atoms with Crippen LogP contribution in [0.15, 0.2) is 58.0 Å². The highest BCUT2D eigenvalue weighted by Crippen LogP contribution is 2.44. The first-order valence-electron chi connectivity index (χ1n) is 27.5. The van der Waals surface area contributed by atoms with Crippen LogP contribution < -0.4 is 37.2 Å². The van der Waals surface area contributed by atoms with Crippen molar-refractivity contribution in [3.63, 3.8) is 0 Å². The Hall–Kier alpha value is -5.18. The Labute approximate surface area is 467 Å². The van der Waals surface area contributed by atoms with Crippen LogP contribution in [0.5, 0.6) is 0 Å². The number of aliphatic hydroxyl groups is 1. The van der Waals surface area contributed by atoms with Crippen molar-refractivity contribution in [2.45, 2.75) is 172 Å². The third kappa shape index (κ3) is 16.4. The molecular weight excluding hydrogens is 1030 g/mol. The van der Waals surface area contributed by atoms with Gasteiger partial charge in [0.05, 0.1) is 51.7 Å². The van der Waals surface area contributed by atoms with Crippen molar-refractivity contribution in [3.05, 3.63) is 69.9 Å². The van der Waals surface area contributed by atoms with Gasteiger partial charge in [-0.3, -0.25) is 24.0 Å². The van der Waals surface area contributed by atoms with Gasteiger partial charge in [-0.2, -0.15) is 0 Å². The topological polar surface area (TPSA) is 237 Å². The van der Waals surface area contributed by atoms with Gasteiger partial charge in [0, 0.05) is 56.5 Å². The van der Waals surface area contributed by atoms with Crippen LogP contribution in [0.3, 0.4) is 0 Å². The number of amides is 4. The number of Topliss-reactive ketones (excluding diaryl/α,β-unsaturated/α-hetero) is 1. The van der Waals surface area contributed by atoms with Gasteiger partial charge in [-0.05, 0) is 79.7 Å². The number of piperidine rings is 1. The Bertz CT molecular complexity index is 2670. The number of β-amino-alcohol motifs (C(OH)–C–C–N with tert-alkyl or cyclic N) is 1. The zero-order valence-corrected chi connectivity index (χ0v) is 48.2. The molecule has 5 heterocycles. The van der Waals surface area contributed by atoms with Gasteiger partial charge in [-0.1, -0.05) is 126 Å². The molecule has 0 saturated carbocycles. The minimum absolute atomic E-state index is 0.0340. The van der Waals surface area contributed by atoms with Crippen molar-refractivity contribution in [3.8, 4) is 10.4 Å². The molecule has 20 heteroatoms. The number of hydrogen-bond donors (Lipinski definition) is 7. The number of carbonyl (C=O) groups is 5. The number of nitrogens with two attached hydrogens (primary N) is 1. The lowest BCUT2D eigenvalue weighted by Gasteiger charge is -2.39. The minimum atomic E-state index is -0.852. The van der Waals surface area contributed by atoms with Crippen LogP contribution in [-0.4, -0.2) is 112 Å². The summed E-state index contributed by atoms with van der Waals surface area (Å²) in [6.07, 6.45) is 11.7. The first kappa shape index (κ1) is 59.5. The third-order valence-corrected chi connectivity index (χ3v) is 17.8. The molecule has 0 radical (unpaired) electrons. The summed E-state index contributed by atoms with van der Waals surface area (Å²) in [6.45, 7) is 15.4. The van der Waals surface area contributed by atoms with E-state index >= 15 is 0 Å². The first-order chi connectivity index (χ1) is 36.8. The van der Waals surface area contributed by atoms with Gasteiger partial charge in [-0.25, -0.2) is 15.0 Å². The number of thiazole rings is 1. The van der Waals surface area contributed by atoms with Crippen molar-refractivity contribution in [1.82, 2.24) is 35.8 Å². The molecule has 0 spiro atoms. The smallest absolute Gasteiger partial charge is 0.246 e. The SMILES string of the molecule is Cc1ncsc1-c1ccc([C@@H](C)NCC(=O)[C@H]2C[C@H](O)CN2C(=O)[C@H](NC(=O)CCCCCCCCCCCNC(=O)CC(=O)Nc2ccc3c(c2Cl)Sc2ncc(N4CCC(C)(CN)CC4)nc2NC3)C(C)(C)C)cc1. The standard InChI is InChI=1S/C57H80ClN11O6S2/c1-36(38-17-19-39(20-18-38)50-37(2)64-35-76-50)61-31-44(71)43-28-41(70)33-69(43)55(75)52(56(3,4)5)67-46(72)16-14-12-10-8-7-9-11-13-15-25-60-47(73)29-48(74)65-42-22-21-40-30-62-53-54(77-51(40)49(42)58)63-32-45(66-53)68-26-23-57(6,34-59)24-27-68/h17-22,32,35-36,41,43,52,61,70H,7-16,23-31,33-34,59H2,1-6H3,(H,60,73)(H,62,66)(H,65,74)(H,67,72)/t36-,41+,43-,52+/m1/s1. The van der Waals surface area contributed by atoms with E-state index in [1.807, 2.05) is 58.3 Å². The lowest BCUT2D eigenvalue weighted by Crippen LogP contribution is -2.57. The molecule has 7 rings (SSSR count). The third-order valence-electron chi connectivity index (χ3n) is 15.2. The number of hydrogen-bond acceptors (Lipinski definition) is 15. The van der Waals surface area contributed by atoms with Crippen molar-refractivity contribution < 1.29 is 29.1 Å². The lowest BCUT2D eigenvalue weighted by molar-refractivity contribution is -0.143. The highest BCUT2D eigenvalue weighted by atomic mass is 35.5. The summed E-state index contributed by atoms with van der Waals surface area (Å²) in [5.41, 5.74) is 11.9. The Morgan fingerprint density at radius 2 is 1.62 bits per heavy atom. The minimum Gasteiger partial charge on any atom is -0.391 e. The van der Waals surface area contributed by atoms with Crippen molar-refractivity contribution in [2.75, 3.05) is 54.8 Å². The first-order valence-corrected chi connectivity index (χ1v) is 29.6. The molecule has 4 atom stereocenters. The van der Waals surface area contributed by atoms with Crippen molar-refractivity contribution >= 4 is 81.4 Å². The molecule has 8 N–H and O–H groups in total. The fourth-order valence-corrected chi connectivity index (χ4v) is 12.2. The predicted octanol–water partition coefficient (Wildman–Crippen LogP) is 8.96. The number of fused-ring (bicyclic) bond motifs is 2. The van der Waals surface area contributed by atoms with Gasteiger partial charge in [-0.15, -0.1) is 11.3 Å². The normalized spacial score (nSPS) is 17.8. The van der Waals surface area contributed by atoms with Crippen LogP contribution in [0, 0.1) is 17.8 Å². The molecule has 17 nitrogen and oxygen atoms in total. The Kier molecular flexibility index (Phi) is 21.3. The number of nitrogens with zero attached hydrogens (tertiary/aromatic N) is 5. The van der Waals surface area contributed by atoms with Gasteiger partial charge in [0.25, 0.3) is 0 Å². The zero-order valence-electron chi connectivity index (χ0n) is 45.8. The lowest BCUT2D eigenvalue weighted by atomic mass is 9.80. The number of nitrogens with one attached hydrogen (secondary N) is 5. The number of rotatable bonds is 25. The van der Waals surface area contributed by atoms with E-state index in [1.165, 1.54) is 16.7 Å². The van der Waals surface area contributed by atoms with E-state index in [4.69, 9.17) is 27.3 Å². The average Bonchev–Trinajstić information content (AvgIpc) is 3.97. The Morgan fingerprint density at radius 1 is 0.935 bits per heavy atom. The molecule has 4 amide bonds. The molecular formula is C57H80ClN11O6S2. The number of aryl methyl sites for hydroxylation is 1. The van der Waals surface area contributed by atoms with Gasteiger partial charge in [0.2, 0.25) is 23.6 Å². The largest absolute Gasteiger partial charge is 0.391 e. The molecule has 2 aromatic carbocycles. The molecule has 3 aliphatic heterocycles. The van der Waals surface area contributed by atoms with Crippen LogP contribution >= 0.6 is 34.7 Å². The van der Waals surface area contributed by atoms with E-state index in [-0.39, 0.29) is 60.9 Å². The zero-order chi connectivity index (χ0) is 55.3. The number of benzene rings is 2.